The van der Waals surface area contributed by atoms with E-state index in [1.807, 2.05) is 0 Å². The van der Waals surface area contributed by atoms with Crippen LogP contribution in [0, 0.1) is 5.82 Å². The third kappa shape index (κ3) is 2.44. The average molecular weight is 267 g/mol. The molecule has 1 heterocycles. The van der Waals surface area contributed by atoms with Crippen molar-refractivity contribution in [2.45, 2.75) is 13.5 Å². The summed E-state index contributed by atoms with van der Waals surface area (Å²) in [6.45, 7) is 1.92. The molecule has 102 valence electrons. The van der Waals surface area contributed by atoms with Crippen LogP contribution in [0.15, 0.2) is 12.1 Å². The minimum absolute atomic E-state index is 0.0671. The van der Waals surface area contributed by atoms with E-state index in [1.54, 1.807) is 6.92 Å². The first-order chi connectivity index (χ1) is 9.06. The van der Waals surface area contributed by atoms with Crippen molar-refractivity contribution >= 4 is 23.0 Å². The molecule has 0 aliphatic heterocycles. The Kier molecular flexibility index (Phi) is 3.55. The molecule has 0 saturated carbocycles. The third-order valence-electron chi connectivity index (χ3n) is 2.64. The number of rotatable bonds is 4. The van der Waals surface area contributed by atoms with E-state index in [9.17, 15) is 9.18 Å². The van der Waals surface area contributed by atoms with Gasteiger partial charge in [0.2, 0.25) is 5.95 Å². The summed E-state index contributed by atoms with van der Waals surface area (Å²) in [5, 5.41) is 0. The van der Waals surface area contributed by atoms with E-state index < -0.39 is 11.8 Å². The van der Waals surface area contributed by atoms with Gasteiger partial charge in [-0.05, 0) is 6.92 Å². The van der Waals surface area contributed by atoms with Crippen LogP contribution in [-0.2, 0) is 16.1 Å². The van der Waals surface area contributed by atoms with E-state index in [0.717, 1.165) is 0 Å². The summed E-state index contributed by atoms with van der Waals surface area (Å²) in [5.41, 5.74) is 6.60. The zero-order chi connectivity index (χ0) is 14.0. The van der Waals surface area contributed by atoms with Gasteiger partial charge < -0.3 is 15.2 Å². The highest BCUT2D eigenvalue weighted by Crippen LogP contribution is 2.26. The summed E-state index contributed by atoms with van der Waals surface area (Å²) >= 11 is 0. The number of carbonyl (C=O) groups is 1. The summed E-state index contributed by atoms with van der Waals surface area (Å²) in [5.74, 6) is -0.777. The molecule has 0 saturated heterocycles. The van der Waals surface area contributed by atoms with E-state index in [-0.39, 0.29) is 24.8 Å². The Hall–Kier alpha value is -2.31. The molecule has 2 rings (SSSR count). The molecule has 0 aliphatic carbocycles. The molecule has 6 nitrogen and oxygen atoms in total. The SMILES string of the molecule is CCOC(=O)Cn1c(N)nc2cc(F)c(OC)cc21. The summed E-state index contributed by atoms with van der Waals surface area (Å²) in [6, 6.07) is 2.67. The van der Waals surface area contributed by atoms with Gasteiger partial charge in [-0.1, -0.05) is 0 Å². The number of hydrogen-bond acceptors (Lipinski definition) is 5. The number of hydrogen-bond donors (Lipinski definition) is 1. The second kappa shape index (κ2) is 5.13. The number of esters is 1. The number of fused-ring (bicyclic) bond motifs is 1. The number of benzene rings is 1. The lowest BCUT2D eigenvalue weighted by molar-refractivity contribution is -0.143. The smallest absolute Gasteiger partial charge is 0.326 e. The van der Waals surface area contributed by atoms with Gasteiger partial charge in [0.05, 0.1) is 24.8 Å². The van der Waals surface area contributed by atoms with Crippen molar-refractivity contribution in [2.75, 3.05) is 19.5 Å². The van der Waals surface area contributed by atoms with Crippen molar-refractivity contribution in [1.82, 2.24) is 9.55 Å². The van der Waals surface area contributed by atoms with Crippen LogP contribution in [0.25, 0.3) is 11.0 Å². The highest BCUT2D eigenvalue weighted by molar-refractivity contribution is 5.82. The molecule has 0 fully saturated rings. The predicted octanol–water partition coefficient (Wildman–Crippen LogP) is 1.33. The van der Waals surface area contributed by atoms with Crippen molar-refractivity contribution in [3.05, 3.63) is 17.9 Å². The number of aromatic nitrogens is 2. The van der Waals surface area contributed by atoms with Crippen LogP contribution in [0.5, 0.6) is 5.75 Å². The van der Waals surface area contributed by atoms with Crippen molar-refractivity contribution in [2.24, 2.45) is 0 Å². The maximum Gasteiger partial charge on any atom is 0.326 e. The Morgan fingerprint density at radius 1 is 1.53 bits per heavy atom. The molecule has 0 radical (unpaired) electrons. The van der Waals surface area contributed by atoms with Crippen molar-refractivity contribution in [3.8, 4) is 5.75 Å². The Labute approximate surface area is 108 Å². The van der Waals surface area contributed by atoms with E-state index in [0.29, 0.717) is 11.0 Å². The molecule has 7 heteroatoms. The number of nitrogen functional groups attached to an aromatic ring is 1. The van der Waals surface area contributed by atoms with Gasteiger partial charge in [0.1, 0.15) is 6.54 Å². The molecule has 0 bridgehead atoms. The molecule has 2 N–H and O–H groups in total. The second-order valence-electron chi connectivity index (χ2n) is 3.84. The molecular formula is C12H14FN3O3. The van der Waals surface area contributed by atoms with Gasteiger partial charge in [0, 0.05) is 12.1 Å². The number of halogens is 1. The Morgan fingerprint density at radius 2 is 2.26 bits per heavy atom. The fraction of sp³-hybridized carbons (Fsp3) is 0.333. The zero-order valence-electron chi connectivity index (χ0n) is 10.6. The molecule has 0 aliphatic rings. The van der Waals surface area contributed by atoms with Crippen LogP contribution < -0.4 is 10.5 Å². The van der Waals surface area contributed by atoms with E-state index >= 15 is 0 Å². The maximum atomic E-state index is 13.5. The van der Waals surface area contributed by atoms with Gasteiger partial charge in [-0.3, -0.25) is 9.36 Å². The van der Waals surface area contributed by atoms with Crippen LogP contribution in [0.2, 0.25) is 0 Å². The highest BCUT2D eigenvalue weighted by atomic mass is 19.1. The average Bonchev–Trinajstić information content (AvgIpc) is 2.64. The van der Waals surface area contributed by atoms with Gasteiger partial charge in [-0.2, -0.15) is 0 Å². The van der Waals surface area contributed by atoms with Crippen molar-refractivity contribution in [3.63, 3.8) is 0 Å². The summed E-state index contributed by atoms with van der Waals surface area (Å²) in [6.07, 6.45) is 0. The number of nitrogens with two attached hydrogens (primary N) is 1. The number of anilines is 1. The van der Waals surface area contributed by atoms with Gasteiger partial charge >= 0.3 is 5.97 Å². The number of methoxy groups -OCH3 is 1. The maximum absolute atomic E-state index is 13.5. The van der Waals surface area contributed by atoms with Gasteiger partial charge in [0.15, 0.2) is 11.6 Å². The number of imidazole rings is 1. The normalized spacial score (nSPS) is 10.7. The van der Waals surface area contributed by atoms with Gasteiger partial charge in [-0.15, -0.1) is 0 Å². The molecule has 2 aromatic rings. The topological polar surface area (TPSA) is 79.4 Å². The van der Waals surface area contributed by atoms with E-state index in [2.05, 4.69) is 4.98 Å². The first-order valence-corrected chi connectivity index (χ1v) is 5.71. The molecule has 0 atom stereocenters. The molecular weight excluding hydrogens is 253 g/mol. The number of carbonyl (C=O) groups excluding carboxylic acids is 1. The second-order valence-corrected chi connectivity index (χ2v) is 3.84. The molecule has 0 unspecified atom stereocenters. The van der Waals surface area contributed by atoms with Crippen molar-refractivity contribution in [1.29, 1.82) is 0 Å². The lowest BCUT2D eigenvalue weighted by Gasteiger charge is -2.07. The zero-order valence-corrected chi connectivity index (χ0v) is 10.6. The quantitative estimate of drug-likeness (QED) is 0.845. The number of ether oxygens (including phenoxy) is 2. The standard InChI is InChI=1S/C12H14FN3O3/c1-3-19-11(17)6-16-9-5-10(18-2)7(13)4-8(9)15-12(16)14/h4-5H,3,6H2,1-2H3,(H2,14,15). The van der Waals surface area contributed by atoms with Gasteiger partial charge in [0.25, 0.3) is 0 Å². The van der Waals surface area contributed by atoms with E-state index in [4.69, 9.17) is 15.2 Å². The molecule has 19 heavy (non-hydrogen) atoms. The summed E-state index contributed by atoms with van der Waals surface area (Å²) < 4.78 is 24.7. The van der Waals surface area contributed by atoms with Crippen LogP contribution in [-0.4, -0.2) is 29.2 Å². The van der Waals surface area contributed by atoms with Crippen LogP contribution in [0.1, 0.15) is 6.92 Å². The monoisotopic (exact) mass is 267 g/mol. The Balaban J connectivity index is 2.48. The van der Waals surface area contributed by atoms with Crippen molar-refractivity contribution < 1.29 is 18.7 Å². The molecule has 1 aromatic heterocycles. The fourth-order valence-electron chi connectivity index (χ4n) is 1.80. The fourth-order valence-corrected chi connectivity index (χ4v) is 1.80. The Bertz CT molecular complexity index is 624. The first-order valence-electron chi connectivity index (χ1n) is 5.71. The predicted molar refractivity (Wildman–Crippen MR) is 67.3 cm³/mol. The van der Waals surface area contributed by atoms with Crippen LogP contribution in [0.4, 0.5) is 10.3 Å². The summed E-state index contributed by atoms with van der Waals surface area (Å²) in [4.78, 5) is 15.5. The third-order valence-corrected chi connectivity index (χ3v) is 2.64. The largest absolute Gasteiger partial charge is 0.494 e. The Morgan fingerprint density at radius 3 is 2.89 bits per heavy atom. The summed E-state index contributed by atoms with van der Waals surface area (Å²) in [7, 11) is 1.36. The minimum atomic E-state index is -0.532. The highest BCUT2D eigenvalue weighted by Gasteiger charge is 2.15. The molecule has 0 spiro atoms. The molecule has 1 aromatic carbocycles. The lowest BCUT2D eigenvalue weighted by Crippen LogP contribution is -2.15. The molecule has 0 amide bonds. The first kappa shape index (κ1) is 13.1. The minimum Gasteiger partial charge on any atom is -0.494 e. The van der Waals surface area contributed by atoms with Crippen LogP contribution in [0.3, 0.4) is 0 Å². The van der Waals surface area contributed by atoms with E-state index in [1.165, 1.54) is 23.8 Å². The van der Waals surface area contributed by atoms with Crippen LogP contribution >= 0.6 is 0 Å². The number of nitrogens with zero attached hydrogens (tertiary/aromatic N) is 2. The lowest BCUT2D eigenvalue weighted by atomic mass is 10.3. The van der Waals surface area contributed by atoms with Gasteiger partial charge in [-0.25, -0.2) is 9.37 Å².